The molecule has 0 unspecified atom stereocenters. The minimum absolute atomic E-state index is 0.287. The fraction of sp³-hybridized carbons (Fsp3) is 0.688. The number of carbonyl (C=O) groups excluding carboxylic acids is 1. The fourth-order valence-electron chi connectivity index (χ4n) is 2.66. The van der Waals surface area contributed by atoms with Gasteiger partial charge in [-0.3, -0.25) is 14.5 Å². The van der Waals surface area contributed by atoms with E-state index < -0.39 is 0 Å². The third kappa shape index (κ3) is 5.92. The largest absolute Gasteiger partial charge is 0.357 e. The van der Waals surface area contributed by atoms with Crippen LogP contribution < -0.4 is 10.6 Å². The molecule has 0 aliphatic carbocycles. The molecule has 2 heterocycles. The van der Waals surface area contributed by atoms with Gasteiger partial charge in [-0.1, -0.05) is 0 Å². The maximum atomic E-state index is 11.5. The van der Waals surface area contributed by atoms with E-state index in [1.807, 2.05) is 29.0 Å². The SMILES string of the molecule is CCNC(=NCCCN1CCCC1=O)NCCc1cnn(C)c1. The average molecular weight is 320 g/mol. The van der Waals surface area contributed by atoms with Crippen molar-refractivity contribution in [1.82, 2.24) is 25.3 Å². The highest BCUT2D eigenvalue weighted by Crippen LogP contribution is 2.09. The first kappa shape index (κ1) is 17.3. The van der Waals surface area contributed by atoms with Crippen molar-refractivity contribution in [2.24, 2.45) is 12.0 Å². The van der Waals surface area contributed by atoms with Gasteiger partial charge >= 0.3 is 0 Å². The van der Waals surface area contributed by atoms with Crippen LogP contribution in [0.4, 0.5) is 0 Å². The second-order valence-electron chi connectivity index (χ2n) is 5.80. The van der Waals surface area contributed by atoms with Crippen LogP contribution in [-0.4, -0.2) is 59.3 Å². The summed E-state index contributed by atoms with van der Waals surface area (Å²) in [6.07, 6.45) is 7.45. The first-order chi connectivity index (χ1) is 11.2. The Hall–Kier alpha value is -2.05. The molecule has 0 atom stereocenters. The van der Waals surface area contributed by atoms with Crippen molar-refractivity contribution in [2.75, 3.05) is 32.7 Å². The highest BCUT2D eigenvalue weighted by atomic mass is 16.2. The van der Waals surface area contributed by atoms with E-state index in [0.29, 0.717) is 6.42 Å². The number of aryl methyl sites for hydroxylation is 1. The molecule has 23 heavy (non-hydrogen) atoms. The molecule has 1 amide bonds. The van der Waals surface area contributed by atoms with Crippen LogP contribution in [0.1, 0.15) is 31.7 Å². The molecule has 0 bridgehead atoms. The zero-order chi connectivity index (χ0) is 16.5. The number of amides is 1. The van der Waals surface area contributed by atoms with Crippen molar-refractivity contribution in [3.8, 4) is 0 Å². The lowest BCUT2D eigenvalue weighted by molar-refractivity contribution is -0.127. The minimum Gasteiger partial charge on any atom is -0.357 e. The molecule has 0 saturated carbocycles. The van der Waals surface area contributed by atoms with Crippen LogP contribution in [0.15, 0.2) is 17.4 Å². The Morgan fingerprint density at radius 3 is 2.96 bits per heavy atom. The summed E-state index contributed by atoms with van der Waals surface area (Å²) in [5.41, 5.74) is 1.21. The number of aliphatic imine (C=N–C) groups is 1. The molecule has 2 N–H and O–H groups in total. The van der Waals surface area contributed by atoms with Crippen molar-refractivity contribution in [3.05, 3.63) is 18.0 Å². The van der Waals surface area contributed by atoms with Gasteiger partial charge in [-0.15, -0.1) is 0 Å². The summed E-state index contributed by atoms with van der Waals surface area (Å²) in [6, 6.07) is 0. The molecule has 7 heteroatoms. The molecule has 1 aromatic rings. The molecule has 0 spiro atoms. The number of guanidine groups is 1. The molecule has 7 nitrogen and oxygen atoms in total. The van der Waals surface area contributed by atoms with Crippen LogP contribution in [0.3, 0.4) is 0 Å². The van der Waals surface area contributed by atoms with E-state index in [1.165, 1.54) is 5.56 Å². The smallest absolute Gasteiger partial charge is 0.222 e. The first-order valence-electron chi connectivity index (χ1n) is 8.46. The van der Waals surface area contributed by atoms with Gasteiger partial charge in [-0.25, -0.2) is 0 Å². The molecular formula is C16H28N6O. The van der Waals surface area contributed by atoms with Gasteiger partial charge in [0.05, 0.1) is 6.20 Å². The van der Waals surface area contributed by atoms with E-state index in [-0.39, 0.29) is 5.91 Å². The molecular weight excluding hydrogens is 292 g/mol. The second-order valence-corrected chi connectivity index (χ2v) is 5.80. The highest BCUT2D eigenvalue weighted by Gasteiger charge is 2.18. The number of nitrogens with zero attached hydrogens (tertiary/aromatic N) is 4. The lowest BCUT2D eigenvalue weighted by Gasteiger charge is -2.15. The summed E-state index contributed by atoms with van der Waals surface area (Å²) in [5.74, 6) is 1.12. The normalized spacial score (nSPS) is 15.3. The van der Waals surface area contributed by atoms with E-state index in [2.05, 4.69) is 27.6 Å². The quantitative estimate of drug-likeness (QED) is 0.416. The van der Waals surface area contributed by atoms with Crippen molar-refractivity contribution in [3.63, 3.8) is 0 Å². The number of nitrogens with one attached hydrogen (secondary N) is 2. The van der Waals surface area contributed by atoms with Crippen LogP contribution in [0.2, 0.25) is 0 Å². The Balaban J connectivity index is 1.67. The van der Waals surface area contributed by atoms with Crippen LogP contribution in [0.5, 0.6) is 0 Å². The van der Waals surface area contributed by atoms with E-state index in [0.717, 1.165) is 57.9 Å². The molecule has 2 rings (SSSR count). The summed E-state index contributed by atoms with van der Waals surface area (Å²) in [7, 11) is 1.92. The van der Waals surface area contributed by atoms with Gasteiger partial charge in [0.15, 0.2) is 5.96 Å². The summed E-state index contributed by atoms with van der Waals surface area (Å²) >= 11 is 0. The standard InChI is InChI=1S/C16H28N6O/c1-3-17-16(19-9-7-14-12-20-21(2)13-14)18-8-5-11-22-10-4-6-15(22)23/h12-13H,3-11H2,1-2H3,(H2,17,18,19). The van der Waals surface area contributed by atoms with Gasteiger partial charge in [-0.2, -0.15) is 5.10 Å². The highest BCUT2D eigenvalue weighted by molar-refractivity contribution is 5.79. The Morgan fingerprint density at radius 2 is 2.30 bits per heavy atom. The van der Waals surface area contributed by atoms with E-state index in [4.69, 9.17) is 0 Å². The molecule has 0 aromatic carbocycles. The fourth-order valence-corrected chi connectivity index (χ4v) is 2.66. The van der Waals surface area contributed by atoms with Gasteiger partial charge in [0, 0.05) is 52.4 Å². The van der Waals surface area contributed by atoms with Gasteiger partial charge < -0.3 is 15.5 Å². The zero-order valence-electron chi connectivity index (χ0n) is 14.2. The summed E-state index contributed by atoms with van der Waals surface area (Å²) < 4.78 is 1.81. The van der Waals surface area contributed by atoms with Crippen LogP contribution in [0, 0.1) is 0 Å². The summed E-state index contributed by atoms with van der Waals surface area (Å²) in [6.45, 7) is 6.17. The topological polar surface area (TPSA) is 74.6 Å². The van der Waals surface area contributed by atoms with Crippen LogP contribution >= 0.6 is 0 Å². The molecule has 0 radical (unpaired) electrons. The van der Waals surface area contributed by atoms with Crippen molar-refractivity contribution in [2.45, 2.75) is 32.6 Å². The van der Waals surface area contributed by atoms with Crippen molar-refractivity contribution in [1.29, 1.82) is 0 Å². The molecule has 1 aliphatic heterocycles. The number of hydrogen-bond acceptors (Lipinski definition) is 3. The monoisotopic (exact) mass is 320 g/mol. The van der Waals surface area contributed by atoms with Crippen LogP contribution in [-0.2, 0) is 18.3 Å². The Labute approximate surface area is 138 Å². The molecule has 128 valence electrons. The van der Waals surface area contributed by atoms with E-state index in [9.17, 15) is 4.79 Å². The molecule has 1 aromatic heterocycles. The van der Waals surface area contributed by atoms with E-state index in [1.54, 1.807) is 0 Å². The summed E-state index contributed by atoms with van der Waals surface area (Å²) in [5, 5.41) is 10.8. The van der Waals surface area contributed by atoms with Gasteiger partial charge in [0.2, 0.25) is 5.91 Å². The zero-order valence-corrected chi connectivity index (χ0v) is 14.2. The molecule has 1 fully saturated rings. The number of hydrogen-bond donors (Lipinski definition) is 2. The number of rotatable bonds is 8. The first-order valence-corrected chi connectivity index (χ1v) is 8.46. The minimum atomic E-state index is 0.287. The molecule has 1 aliphatic rings. The average Bonchev–Trinajstić information content (AvgIpc) is 3.12. The maximum absolute atomic E-state index is 11.5. The lowest BCUT2D eigenvalue weighted by Crippen LogP contribution is -2.38. The van der Waals surface area contributed by atoms with Crippen molar-refractivity contribution < 1.29 is 4.79 Å². The molecule has 1 saturated heterocycles. The number of likely N-dealkylation sites (tertiary alicyclic amines) is 1. The third-order valence-electron chi connectivity index (χ3n) is 3.84. The lowest BCUT2D eigenvalue weighted by atomic mass is 10.2. The Kier molecular flexibility index (Phi) is 6.90. The van der Waals surface area contributed by atoms with Crippen molar-refractivity contribution >= 4 is 11.9 Å². The Morgan fingerprint density at radius 1 is 1.43 bits per heavy atom. The van der Waals surface area contributed by atoms with Crippen LogP contribution in [0.25, 0.3) is 0 Å². The maximum Gasteiger partial charge on any atom is 0.222 e. The summed E-state index contributed by atoms with van der Waals surface area (Å²) in [4.78, 5) is 18.1. The van der Waals surface area contributed by atoms with Gasteiger partial charge in [0.25, 0.3) is 0 Å². The Bertz CT molecular complexity index is 524. The van der Waals surface area contributed by atoms with E-state index >= 15 is 0 Å². The van der Waals surface area contributed by atoms with Gasteiger partial charge in [0.1, 0.15) is 0 Å². The predicted molar refractivity (Wildman–Crippen MR) is 91.3 cm³/mol. The van der Waals surface area contributed by atoms with Gasteiger partial charge in [-0.05, 0) is 31.7 Å². The second kappa shape index (κ2) is 9.17. The number of carbonyl (C=O) groups is 1. The number of aromatic nitrogens is 2. The third-order valence-corrected chi connectivity index (χ3v) is 3.84. The predicted octanol–water partition coefficient (Wildman–Crippen LogP) is 0.530.